The van der Waals surface area contributed by atoms with Gasteiger partial charge in [0, 0.05) is 31.9 Å². The number of imidazole rings is 2. The number of halogens is 1. The molecule has 0 amide bonds. The lowest BCUT2D eigenvalue weighted by molar-refractivity contribution is -0.136. The number of pyridine rings is 2. The van der Waals surface area contributed by atoms with E-state index >= 15 is 0 Å². The lowest BCUT2D eigenvalue weighted by atomic mass is 10.1. The second-order valence-electron chi connectivity index (χ2n) is 11.1. The number of carboxylic acids is 1. The molecule has 0 atom stereocenters. The maximum absolute atomic E-state index is 14.2. The molecule has 5 heterocycles. The van der Waals surface area contributed by atoms with E-state index in [1.807, 2.05) is 24.4 Å². The number of carbonyl (C=O) groups is 1. The molecule has 5 aromatic rings. The first-order chi connectivity index (χ1) is 22.4. The number of nitrogens with zero attached hydrogens (tertiary/aromatic N) is 8. The highest BCUT2D eigenvalue weighted by atomic mass is 19.1. The molecule has 13 heteroatoms. The zero-order valence-corrected chi connectivity index (χ0v) is 25.3. The minimum atomic E-state index is -0.930. The number of ether oxygens (including phenoxy) is 2. The van der Waals surface area contributed by atoms with Gasteiger partial charge in [0.1, 0.15) is 24.1 Å². The Hall–Kier alpha value is -5.35. The Morgan fingerprint density at radius 3 is 2.70 bits per heavy atom. The van der Waals surface area contributed by atoms with Crippen molar-refractivity contribution in [3.05, 3.63) is 95.3 Å². The molecule has 0 radical (unpaired) electrons. The van der Waals surface area contributed by atoms with Gasteiger partial charge in [0.2, 0.25) is 5.88 Å². The largest absolute Gasteiger partial charge is 0.484 e. The number of carboxylic acid groups (broad SMARTS) is 1. The maximum Gasteiger partial charge on any atom is 0.309 e. The van der Waals surface area contributed by atoms with E-state index in [1.165, 1.54) is 12.1 Å². The van der Waals surface area contributed by atoms with Crippen molar-refractivity contribution in [2.45, 2.75) is 58.5 Å². The summed E-state index contributed by atoms with van der Waals surface area (Å²) in [5.74, 6) is -0.134. The number of aromatic nitrogens is 6. The van der Waals surface area contributed by atoms with Gasteiger partial charge in [-0.15, -0.1) is 0 Å². The molecular weight excluding hydrogens is 591 g/mol. The zero-order valence-electron chi connectivity index (χ0n) is 25.3. The Morgan fingerprint density at radius 1 is 1.09 bits per heavy atom. The topological polar surface area (TPSA) is 144 Å². The van der Waals surface area contributed by atoms with Crippen molar-refractivity contribution >= 4 is 17.1 Å². The Kier molecular flexibility index (Phi) is 9.16. The first-order valence-electron chi connectivity index (χ1n) is 15.1. The predicted octanol–water partition coefficient (Wildman–Crippen LogP) is 4.35. The van der Waals surface area contributed by atoms with Crippen LogP contribution in [0.4, 0.5) is 4.39 Å². The molecule has 1 saturated heterocycles. The van der Waals surface area contributed by atoms with Crippen molar-refractivity contribution in [1.29, 1.82) is 5.26 Å². The van der Waals surface area contributed by atoms with Gasteiger partial charge in [-0.2, -0.15) is 5.26 Å². The summed E-state index contributed by atoms with van der Waals surface area (Å²) in [4.78, 5) is 32.1. The SMILES string of the molecule is CCn1cncc1Cn1c(CN2CCC(Oc3cccc(COc4ccc(C#N)cc4F)n3)CC2)nc2ccc(CC(=O)O)nc21. The van der Waals surface area contributed by atoms with Gasteiger partial charge in [0.05, 0.1) is 54.6 Å². The van der Waals surface area contributed by atoms with Gasteiger partial charge >= 0.3 is 5.97 Å². The fourth-order valence-corrected chi connectivity index (χ4v) is 5.55. The third kappa shape index (κ3) is 7.13. The van der Waals surface area contributed by atoms with E-state index in [-0.39, 0.29) is 30.4 Å². The van der Waals surface area contributed by atoms with E-state index < -0.39 is 11.8 Å². The summed E-state index contributed by atoms with van der Waals surface area (Å²) in [6.45, 7) is 5.61. The fourth-order valence-electron chi connectivity index (χ4n) is 5.55. The molecule has 0 unspecified atom stereocenters. The van der Waals surface area contributed by atoms with Gasteiger partial charge in [-0.05, 0) is 56.2 Å². The van der Waals surface area contributed by atoms with Gasteiger partial charge in [0.15, 0.2) is 17.2 Å². The molecular formula is C33H33FN8O4. The van der Waals surface area contributed by atoms with Crippen molar-refractivity contribution in [3.63, 3.8) is 0 Å². The molecule has 0 spiro atoms. The summed E-state index contributed by atoms with van der Waals surface area (Å²) in [6, 6.07) is 15.0. The van der Waals surface area contributed by atoms with Crippen LogP contribution in [0, 0.1) is 17.1 Å². The van der Waals surface area contributed by atoms with Gasteiger partial charge in [-0.25, -0.2) is 24.3 Å². The maximum atomic E-state index is 14.2. The van der Waals surface area contributed by atoms with Crippen LogP contribution in [0.3, 0.4) is 0 Å². The molecule has 12 nitrogen and oxygen atoms in total. The molecule has 6 rings (SSSR count). The number of aryl methyl sites for hydroxylation is 1. The number of nitriles is 1. The van der Waals surface area contributed by atoms with Crippen LogP contribution in [-0.2, 0) is 37.5 Å². The van der Waals surface area contributed by atoms with E-state index in [1.54, 1.807) is 24.5 Å². The predicted molar refractivity (Wildman–Crippen MR) is 164 cm³/mol. The number of likely N-dealkylation sites (tertiary alicyclic amines) is 1. The highest BCUT2D eigenvalue weighted by Crippen LogP contribution is 2.24. The van der Waals surface area contributed by atoms with Gasteiger partial charge in [-0.3, -0.25) is 9.69 Å². The first-order valence-corrected chi connectivity index (χ1v) is 15.1. The third-order valence-corrected chi connectivity index (χ3v) is 7.93. The highest BCUT2D eigenvalue weighted by Gasteiger charge is 2.24. The number of hydrogen-bond donors (Lipinski definition) is 1. The van der Waals surface area contributed by atoms with E-state index in [0.717, 1.165) is 55.6 Å². The summed E-state index contributed by atoms with van der Waals surface area (Å²) in [5.41, 5.74) is 3.71. The molecule has 1 aliphatic heterocycles. The number of benzene rings is 1. The molecule has 1 aromatic carbocycles. The third-order valence-electron chi connectivity index (χ3n) is 7.93. The molecule has 236 valence electrons. The van der Waals surface area contributed by atoms with E-state index in [2.05, 4.69) is 35.9 Å². The van der Waals surface area contributed by atoms with E-state index in [0.29, 0.717) is 36.0 Å². The summed E-state index contributed by atoms with van der Waals surface area (Å²) < 4.78 is 30.1. The Labute approximate surface area is 264 Å². The molecule has 0 bridgehead atoms. The van der Waals surface area contributed by atoms with Crippen molar-refractivity contribution in [1.82, 2.24) is 34.0 Å². The molecule has 0 aliphatic carbocycles. The van der Waals surface area contributed by atoms with Crippen LogP contribution in [-0.4, -0.2) is 64.2 Å². The van der Waals surface area contributed by atoms with Crippen molar-refractivity contribution in [2.75, 3.05) is 13.1 Å². The average molecular weight is 625 g/mol. The standard InChI is InChI=1S/C33H33FN8O4/c1-2-41-21-36-17-25(41)18-42-30(39-28-8-7-23(15-32(43)44)38-33(28)42)19-40-12-10-26(11-13-40)46-31-5-3-4-24(37-31)20-45-29-9-6-22(16-35)14-27(29)34/h3-9,14,17,21,26H,2,10-13,15,18-20H2,1H3,(H,43,44). The van der Waals surface area contributed by atoms with Crippen LogP contribution >= 0.6 is 0 Å². The van der Waals surface area contributed by atoms with Crippen molar-refractivity contribution in [2.24, 2.45) is 0 Å². The van der Waals surface area contributed by atoms with Crippen LogP contribution in [0.1, 0.15) is 48.2 Å². The number of fused-ring (bicyclic) bond motifs is 1. The number of hydrogen-bond acceptors (Lipinski definition) is 9. The van der Waals surface area contributed by atoms with E-state index in [9.17, 15) is 14.3 Å². The minimum Gasteiger partial charge on any atom is -0.484 e. The average Bonchev–Trinajstić information content (AvgIpc) is 3.65. The normalized spacial score (nSPS) is 13.9. The Morgan fingerprint density at radius 2 is 1.93 bits per heavy atom. The molecule has 0 saturated carbocycles. The van der Waals surface area contributed by atoms with Gasteiger partial charge < -0.3 is 23.7 Å². The first kappa shape index (κ1) is 30.7. The van der Waals surface area contributed by atoms with E-state index in [4.69, 9.17) is 19.7 Å². The number of piperidine rings is 1. The summed E-state index contributed by atoms with van der Waals surface area (Å²) in [5, 5.41) is 18.2. The van der Waals surface area contributed by atoms with Crippen LogP contribution in [0.5, 0.6) is 11.6 Å². The molecule has 1 N–H and O–H groups in total. The number of rotatable bonds is 12. The lowest BCUT2D eigenvalue weighted by Crippen LogP contribution is -2.38. The summed E-state index contributed by atoms with van der Waals surface area (Å²) >= 11 is 0. The molecule has 4 aromatic heterocycles. The smallest absolute Gasteiger partial charge is 0.309 e. The monoisotopic (exact) mass is 624 g/mol. The van der Waals surface area contributed by atoms with Crippen LogP contribution < -0.4 is 9.47 Å². The summed E-state index contributed by atoms with van der Waals surface area (Å²) in [7, 11) is 0. The quantitative estimate of drug-likeness (QED) is 0.213. The second-order valence-corrected chi connectivity index (χ2v) is 11.1. The highest BCUT2D eigenvalue weighted by molar-refractivity contribution is 5.74. The lowest BCUT2D eigenvalue weighted by Gasteiger charge is -2.31. The van der Waals surface area contributed by atoms with Crippen molar-refractivity contribution < 1.29 is 23.8 Å². The zero-order chi connectivity index (χ0) is 32.0. The van der Waals surface area contributed by atoms with Crippen LogP contribution in [0.25, 0.3) is 11.2 Å². The summed E-state index contributed by atoms with van der Waals surface area (Å²) in [6.07, 6.45) is 5.05. The van der Waals surface area contributed by atoms with Crippen LogP contribution in [0.15, 0.2) is 61.1 Å². The van der Waals surface area contributed by atoms with Gasteiger partial charge in [0.25, 0.3) is 0 Å². The Balaban J connectivity index is 1.10. The number of aliphatic carboxylic acids is 1. The van der Waals surface area contributed by atoms with Crippen LogP contribution in [0.2, 0.25) is 0 Å². The second kappa shape index (κ2) is 13.7. The molecule has 46 heavy (non-hydrogen) atoms. The minimum absolute atomic E-state index is 0.0196. The Bertz CT molecular complexity index is 1890. The molecule has 1 fully saturated rings. The molecule has 1 aliphatic rings. The fraction of sp³-hybridized carbons (Fsp3) is 0.333. The van der Waals surface area contributed by atoms with Gasteiger partial charge in [-0.1, -0.05) is 6.07 Å². The van der Waals surface area contributed by atoms with Crippen molar-refractivity contribution in [3.8, 4) is 17.7 Å².